The summed E-state index contributed by atoms with van der Waals surface area (Å²) < 4.78 is 68.1. The third-order valence-electron chi connectivity index (χ3n) is 15.9. The fourth-order valence-electron chi connectivity index (χ4n) is 10.1. The van der Waals surface area contributed by atoms with Crippen molar-refractivity contribution in [1.29, 1.82) is 0 Å². The van der Waals surface area contributed by atoms with Crippen LogP contribution in [0.25, 0.3) is 0 Å². The maximum Gasteiger partial charge on any atom is 0.472 e. The summed E-state index contributed by atoms with van der Waals surface area (Å²) in [7, 11) is -9.90. The second kappa shape index (κ2) is 57.9. The van der Waals surface area contributed by atoms with Crippen molar-refractivity contribution in [3.8, 4) is 0 Å². The number of esters is 4. The number of phosphoric acid groups is 2. The molecule has 0 spiro atoms. The molecule has 0 aliphatic heterocycles. The lowest BCUT2D eigenvalue weighted by molar-refractivity contribution is -0.161. The van der Waals surface area contributed by atoms with Crippen LogP contribution in [0.15, 0.2) is 0 Å². The van der Waals surface area contributed by atoms with Gasteiger partial charge in [-0.2, -0.15) is 0 Å². The zero-order valence-corrected chi connectivity index (χ0v) is 58.4. The van der Waals surface area contributed by atoms with Crippen molar-refractivity contribution < 1.29 is 80.2 Å². The van der Waals surface area contributed by atoms with Crippen molar-refractivity contribution >= 4 is 39.5 Å². The van der Waals surface area contributed by atoms with Gasteiger partial charge in [0.2, 0.25) is 0 Å². The smallest absolute Gasteiger partial charge is 0.462 e. The molecule has 6 atom stereocenters. The fourth-order valence-corrected chi connectivity index (χ4v) is 11.7. The van der Waals surface area contributed by atoms with E-state index in [1.807, 2.05) is 0 Å². The number of hydrogen-bond donors (Lipinski definition) is 3. The summed E-state index contributed by atoms with van der Waals surface area (Å²) in [4.78, 5) is 72.3. The molecule has 0 aromatic carbocycles. The summed E-state index contributed by atoms with van der Waals surface area (Å²) in [6.07, 6.45) is 39.3. The summed E-state index contributed by atoms with van der Waals surface area (Å²) >= 11 is 0. The molecule has 0 heterocycles. The Morgan fingerprint density at radius 1 is 0.322 bits per heavy atom. The summed E-state index contributed by atoms with van der Waals surface area (Å²) in [6, 6.07) is 0. The maximum atomic E-state index is 13.0. The number of ether oxygens (including phenoxy) is 4. The first-order chi connectivity index (χ1) is 41.6. The van der Waals surface area contributed by atoms with Crippen molar-refractivity contribution in [2.45, 2.75) is 350 Å². The second-order valence-corrected chi connectivity index (χ2v) is 29.1. The molecule has 0 fully saturated rings. The van der Waals surface area contributed by atoms with Gasteiger partial charge in [-0.1, -0.05) is 280 Å². The fraction of sp³-hybridized carbons (Fsp3) is 0.941. The molecule has 0 amide bonds. The van der Waals surface area contributed by atoms with E-state index in [0.29, 0.717) is 37.5 Å². The van der Waals surface area contributed by atoms with Gasteiger partial charge >= 0.3 is 39.5 Å². The lowest BCUT2D eigenvalue weighted by Crippen LogP contribution is -2.30. The van der Waals surface area contributed by atoms with E-state index in [1.54, 1.807) is 0 Å². The van der Waals surface area contributed by atoms with Crippen LogP contribution < -0.4 is 0 Å². The minimum atomic E-state index is -4.95. The molecule has 0 rings (SSSR count). The predicted octanol–water partition coefficient (Wildman–Crippen LogP) is 18.9. The minimum absolute atomic E-state index is 0.101. The Hall–Kier alpha value is -1.94. The van der Waals surface area contributed by atoms with E-state index >= 15 is 0 Å². The predicted molar refractivity (Wildman–Crippen MR) is 349 cm³/mol. The van der Waals surface area contributed by atoms with Gasteiger partial charge in [0.25, 0.3) is 0 Å². The lowest BCUT2D eigenvalue weighted by Gasteiger charge is -2.21. The van der Waals surface area contributed by atoms with Gasteiger partial charge in [-0.15, -0.1) is 0 Å². The molecule has 0 aromatic rings. The molecule has 516 valence electrons. The molecule has 0 saturated heterocycles. The summed E-state index contributed by atoms with van der Waals surface area (Å²) in [5.74, 6) is 0.769. The van der Waals surface area contributed by atoms with Gasteiger partial charge in [0.1, 0.15) is 19.3 Å². The highest BCUT2D eigenvalue weighted by atomic mass is 31.2. The SMILES string of the molecule is CCC(C)CCCCCCCCC(=O)OC[C@H](COP(=O)(O)OCC(O)COP(=O)(O)OC[C@@H](COC(=O)CCCCCCCCCC(C)C)OC(=O)CCCCCCCCC(C)C)OC(=O)CCCCCCCCCCCCCCCCCC(C)C. The van der Waals surface area contributed by atoms with Crippen LogP contribution in [0.4, 0.5) is 0 Å². The van der Waals surface area contributed by atoms with Crippen LogP contribution in [0.3, 0.4) is 0 Å². The zero-order chi connectivity index (χ0) is 64.7. The average molecular weight is 1280 g/mol. The minimum Gasteiger partial charge on any atom is -0.462 e. The molecule has 0 aliphatic carbocycles. The first-order valence-electron chi connectivity index (χ1n) is 35.2. The Morgan fingerprint density at radius 3 is 0.816 bits per heavy atom. The van der Waals surface area contributed by atoms with E-state index in [0.717, 1.165) is 115 Å². The van der Waals surface area contributed by atoms with E-state index in [-0.39, 0.29) is 25.7 Å². The quantitative estimate of drug-likeness (QED) is 0.0222. The van der Waals surface area contributed by atoms with E-state index in [4.69, 9.17) is 37.0 Å². The van der Waals surface area contributed by atoms with Crippen molar-refractivity contribution in [3.63, 3.8) is 0 Å². The standard InChI is InChI=1S/C68H132O17P2/c1-9-61(8)47-39-31-25-27-33-41-49-66(71)79-55-63(84-67(72)50-42-34-22-18-16-14-12-10-11-13-15-17-20-28-36-44-58(2)3)56-82-86(74,75)80-52-62(69)53-81-87(76,77)83-57-64(85-68(73)51-43-35-26-24-30-38-46-60(6)7)54-78-65(70)48-40-32-23-19-21-29-37-45-59(4)5/h58-64,69H,9-57H2,1-8H3,(H,74,75)(H,76,77)/t61?,62?,63-,64-/m1/s1. The Labute approximate surface area is 530 Å². The summed E-state index contributed by atoms with van der Waals surface area (Å²) in [5, 5.41) is 10.6. The number of rotatable bonds is 65. The molecule has 0 radical (unpaired) electrons. The van der Waals surface area contributed by atoms with E-state index in [9.17, 15) is 43.2 Å². The Kier molecular flexibility index (Phi) is 56.6. The highest BCUT2D eigenvalue weighted by molar-refractivity contribution is 7.47. The number of carbonyl (C=O) groups is 4. The first kappa shape index (κ1) is 85.1. The molecule has 0 saturated carbocycles. The van der Waals surface area contributed by atoms with Gasteiger partial charge < -0.3 is 33.8 Å². The van der Waals surface area contributed by atoms with Gasteiger partial charge in [0.15, 0.2) is 12.2 Å². The molecular formula is C68H132O17P2. The molecular weight excluding hydrogens is 1150 g/mol. The largest absolute Gasteiger partial charge is 0.472 e. The first-order valence-corrected chi connectivity index (χ1v) is 38.2. The monoisotopic (exact) mass is 1280 g/mol. The maximum absolute atomic E-state index is 13.0. The topological polar surface area (TPSA) is 237 Å². The number of carbonyl (C=O) groups excluding carboxylic acids is 4. The van der Waals surface area contributed by atoms with Crippen LogP contribution in [0.5, 0.6) is 0 Å². The van der Waals surface area contributed by atoms with E-state index in [2.05, 4.69) is 55.4 Å². The van der Waals surface area contributed by atoms with Crippen molar-refractivity contribution in [2.24, 2.45) is 23.7 Å². The van der Waals surface area contributed by atoms with Gasteiger partial charge in [-0.25, -0.2) is 9.13 Å². The summed E-state index contributed by atoms with van der Waals surface area (Å²) in [6.45, 7) is 14.0. The van der Waals surface area contributed by atoms with Crippen molar-refractivity contribution in [1.82, 2.24) is 0 Å². The van der Waals surface area contributed by atoms with Crippen LogP contribution in [-0.2, 0) is 65.4 Å². The van der Waals surface area contributed by atoms with Gasteiger partial charge in [-0.05, 0) is 49.4 Å². The average Bonchev–Trinajstić information content (AvgIpc) is 3.67. The molecule has 0 bridgehead atoms. The van der Waals surface area contributed by atoms with E-state index in [1.165, 1.54) is 122 Å². The van der Waals surface area contributed by atoms with E-state index < -0.39 is 97.5 Å². The van der Waals surface area contributed by atoms with Crippen LogP contribution in [0, 0.1) is 23.7 Å². The Morgan fingerprint density at radius 2 is 0.552 bits per heavy atom. The molecule has 0 aliphatic rings. The van der Waals surface area contributed by atoms with Crippen LogP contribution in [-0.4, -0.2) is 96.7 Å². The molecule has 17 nitrogen and oxygen atoms in total. The zero-order valence-electron chi connectivity index (χ0n) is 56.6. The number of aliphatic hydroxyl groups is 1. The molecule has 19 heteroatoms. The molecule has 4 unspecified atom stereocenters. The number of phosphoric ester groups is 2. The van der Waals surface area contributed by atoms with Crippen LogP contribution in [0.2, 0.25) is 0 Å². The van der Waals surface area contributed by atoms with Crippen LogP contribution in [0.1, 0.15) is 331 Å². The normalized spacial score (nSPS) is 14.6. The lowest BCUT2D eigenvalue weighted by atomic mass is 10.00. The number of unbranched alkanes of at least 4 members (excludes halogenated alkanes) is 30. The molecule has 0 aromatic heterocycles. The second-order valence-electron chi connectivity index (χ2n) is 26.2. The Balaban J connectivity index is 5.20. The number of hydrogen-bond acceptors (Lipinski definition) is 15. The highest BCUT2D eigenvalue weighted by Crippen LogP contribution is 2.45. The number of aliphatic hydroxyl groups excluding tert-OH is 1. The third-order valence-corrected chi connectivity index (χ3v) is 17.8. The van der Waals surface area contributed by atoms with Gasteiger partial charge in [0.05, 0.1) is 26.4 Å². The highest BCUT2D eigenvalue weighted by Gasteiger charge is 2.30. The van der Waals surface area contributed by atoms with Crippen molar-refractivity contribution in [2.75, 3.05) is 39.6 Å². The van der Waals surface area contributed by atoms with Gasteiger partial charge in [0, 0.05) is 25.7 Å². The summed E-state index contributed by atoms with van der Waals surface area (Å²) in [5.41, 5.74) is 0. The molecule has 3 N–H and O–H groups in total. The molecule has 87 heavy (non-hydrogen) atoms. The Bertz CT molecular complexity index is 1730. The van der Waals surface area contributed by atoms with Gasteiger partial charge in [-0.3, -0.25) is 37.3 Å². The third kappa shape index (κ3) is 61.3. The van der Waals surface area contributed by atoms with Crippen molar-refractivity contribution in [3.05, 3.63) is 0 Å². The van der Waals surface area contributed by atoms with Crippen LogP contribution >= 0.6 is 15.6 Å².